The lowest BCUT2D eigenvalue weighted by atomic mass is 9.93. The Morgan fingerprint density at radius 2 is 2.19 bits per heavy atom. The highest BCUT2D eigenvalue weighted by Gasteiger charge is 2.27. The zero-order chi connectivity index (χ0) is 18.5. The third kappa shape index (κ3) is 3.92. The number of primary amides is 1. The van der Waals surface area contributed by atoms with E-state index in [0.29, 0.717) is 36.7 Å². The van der Waals surface area contributed by atoms with Gasteiger partial charge in [0, 0.05) is 25.7 Å². The maximum atomic E-state index is 13.1. The lowest BCUT2D eigenvalue weighted by molar-refractivity contribution is -0.118. The molecule has 26 heavy (non-hydrogen) atoms. The van der Waals surface area contributed by atoms with Gasteiger partial charge in [0.2, 0.25) is 5.91 Å². The molecule has 0 spiro atoms. The van der Waals surface area contributed by atoms with Crippen LogP contribution >= 0.6 is 0 Å². The predicted molar refractivity (Wildman–Crippen MR) is 97.8 cm³/mol. The maximum absolute atomic E-state index is 13.1. The van der Waals surface area contributed by atoms with Crippen molar-refractivity contribution in [2.75, 3.05) is 13.1 Å². The molecule has 0 radical (unpaired) electrons. The number of nitrogens with two attached hydrogens (primary N) is 1. The summed E-state index contributed by atoms with van der Waals surface area (Å²) in [5.74, 6) is 0.767. The van der Waals surface area contributed by atoms with Gasteiger partial charge in [-0.25, -0.2) is 9.67 Å². The summed E-state index contributed by atoms with van der Waals surface area (Å²) in [6.07, 6.45) is 7.15. The Morgan fingerprint density at radius 3 is 2.88 bits per heavy atom. The van der Waals surface area contributed by atoms with E-state index < -0.39 is 0 Å². The molecule has 1 atom stereocenters. The second kappa shape index (κ2) is 8.12. The monoisotopic (exact) mass is 355 g/mol. The van der Waals surface area contributed by atoms with Crippen molar-refractivity contribution in [3.63, 3.8) is 0 Å². The first-order valence-corrected chi connectivity index (χ1v) is 9.16. The average molecular weight is 355 g/mol. The molecule has 1 aliphatic rings. The molecule has 1 aliphatic heterocycles. The summed E-state index contributed by atoms with van der Waals surface area (Å²) in [7, 11) is 0. The van der Waals surface area contributed by atoms with E-state index >= 15 is 0 Å². The van der Waals surface area contributed by atoms with Crippen LogP contribution in [0.25, 0.3) is 5.82 Å². The van der Waals surface area contributed by atoms with Crippen molar-refractivity contribution in [3.8, 4) is 5.82 Å². The molecule has 3 rings (SSSR count). The summed E-state index contributed by atoms with van der Waals surface area (Å²) in [6, 6.07) is 5.63. The standard InChI is InChI=1S/C19H25N5O2/c1-2-16-15(12-22-24(16)18-7-3-4-10-21-18)19(26)23-11-5-6-14(13-23)8-9-17(20)25/h3-4,7,10,12,14H,2,5-6,8-9,11,13H2,1H3,(H2,20,25). The number of rotatable bonds is 6. The van der Waals surface area contributed by atoms with Gasteiger partial charge in [-0.05, 0) is 43.7 Å². The first kappa shape index (κ1) is 18.1. The second-order valence-electron chi connectivity index (χ2n) is 6.72. The third-order valence-corrected chi connectivity index (χ3v) is 4.91. The molecule has 7 nitrogen and oxygen atoms in total. The lowest BCUT2D eigenvalue weighted by Crippen LogP contribution is -2.40. The van der Waals surface area contributed by atoms with E-state index in [2.05, 4.69) is 10.1 Å². The van der Waals surface area contributed by atoms with E-state index in [1.54, 1.807) is 17.1 Å². The van der Waals surface area contributed by atoms with Crippen LogP contribution in [0.15, 0.2) is 30.6 Å². The number of nitrogens with zero attached hydrogens (tertiary/aromatic N) is 4. The van der Waals surface area contributed by atoms with Crippen molar-refractivity contribution < 1.29 is 9.59 Å². The predicted octanol–water partition coefficient (Wildman–Crippen LogP) is 1.95. The number of hydrogen-bond donors (Lipinski definition) is 1. The van der Waals surface area contributed by atoms with Gasteiger partial charge in [0.15, 0.2) is 5.82 Å². The van der Waals surface area contributed by atoms with Gasteiger partial charge in [-0.15, -0.1) is 0 Å². The number of amides is 2. The highest BCUT2D eigenvalue weighted by Crippen LogP contribution is 2.24. The summed E-state index contributed by atoms with van der Waals surface area (Å²) >= 11 is 0. The first-order valence-electron chi connectivity index (χ1n) is 9.16. The zero-order valence-corrected chi connectivity index (χ0v) is 15.1. The molecule has 138 valence electrons. The minimum Gasteiger partial charge on any atom is -0.370 e. The largest absolute Gasteiger partial charge is 0.370 e. The lowest BCUT2D eigenvalue weighted by Gasteiger charge is -2.32. The normalized spacial score (nSPS) is 17.3. The summed E-state index contributed by atoms with van der Waals surface area (Å²) in [4.78, 5) is 30.3. The van der Waals surface area contributed by atoms with E-state index in [9.17, 15) is 9.59 Å². The molecule has 2 aromatic heterocycles. The van der Waals surface area contributed by atoms with Crippen LogP contribution in [0.4, 0.5) is 0 Å². The van der Waals surface area contributed by atoms with Crippen molar-refractivity contribution in [2.45, 2.75) is 39.0 Å². The van der Waals surface area contributed by atoms with Gasteiger partial charge in [0.1, 0.15) is 0 Å². The summed E-state index contributed by atoms with van der Waals surface area (Å²) in [5.41, 5.74) is 6.76. The Kier molecular flexibility index (Phi) is 5.65. The van der Waals surface area contributed by atoms with Crippen LogP contribution in [0.1, 0.15) is 48.7 Å². The molecule has 0 bridgehead atoms. The number of carbonyl (C=O) groups is 2. The molecule has 1 unspecified atom stereocenters. The number of carbonyl (C=O) groups excluding carboxylic acids is 2. The number of likely N-dealkylation sites (tertiary alicyclic amines) is 1. The molecule has 0 aromatic carbocycles. The molecule has 1 saturated heterocycles. The average Bonchev–Trinajstić information content (AvgIpc) is 3.10. The van der Waals surface area contributed by atoms with Crippen LogP contribution in [-0.2, 0) is 11.2 Å². The Hall–Kier alpha value is -2.70. The molecule has 0 saturated carbocycles. The Balaban J connectivity index is 1.77. The molecule has 3 heterocycles. The van der Waals surface area contributed by atoms with Crippen LogP contribution in [0.3, 0.4) is 0 Å². The van der Waals surface area contributed by atoms with Gasteiger partial charge < -0.3 is 10.6 Å². The summed E-state index contributed by atoms with van der Waals surface area (Å²) < 4.78 is 1.74. The van der Waals surface area contributed by atoms with Gasteiger partial charge in [0.25, 0.3) is 5.91 Å². The van der Waals surface area contributed by atoms with Crippen molar-refractivity contribution >= 4 is 11.8 Å². The minimum atomic E-state index is -0.279. The molecule has 2 N–H and O–H groups in total. The Morgan fingerprint density at radius 1 is 1.35 bits per heavy atom. The highest BCUT2D eigenvalue weighted by molar-refractivity contribution is 5.95. The minimum absolute atomic E-state index is 0.00723. The van der Waals surface area contributed by atoms with Crippen LogP contribution in [0, 0.1) is 5.92 Å². The molecule has 1 fully saturated rings. The topological polar surface area (TPSA) is 94.1 Å². The zero-order valence-electron chi connectivity index (χ0n) is 15.1. The fourth-order valence-corrected chi connectivity index (χ4v) is 3.57. The van der Waals surface area contributed by atoms with Crippen molar-refractivity contribution in [1.82, 2.24) is 19.7 Å². The third-order valence-electron chi connectivity index (χ3n) is 4.91. The van der Waals surface area contributed by atoms with Gasteiger partial charge in [-0.2, -0.15) is 5.10 Å². The fraction of sp³-hybridized carbons (Fsp3) is 0.474. The van der Waals surface area contributed by atoms with E-state index in [1.807, 2.05) is 30.0 Å². The number of hydrogen-bond acceptors (Lipinski definition) is 4. The molecule has 2 amide bonds. The van der Waals surface area contributed by atoms with Crippen LogP contribution in [-0.4, -0.2) is 44.6 Å². The van der Waals surface area contributed by atoms with Gasteiger partial charge >= 0.3 is 0 Å². The molecule has 0 aliphatic carbocycles. The van der Waals surface area contributed by atoms with E-state index in [4.69, 9.17) is 5.73 Å². The number of aromatic nitrogens is 3. The van der Waals surface area contributed by atoms with Gasteiger partial charge in [-0.3, -0.25) is 9.59 Å². The molecular formula is C19H25N5O2. The van der Waals surface area contributed by atoms with Gasteiger partial charge in [0.05, 0.1) is 17.5 Å². The second-order valence-corrected chi connectivity index (χ2v) is 6.72. The van der Waals surface area contributed by atoms with Crippen LogP contribution in [0.5, 0.6) is 0 Å². The van der Waals surface area contributed by atoms with Gasteiger partial charge in [-0.1, -0.05) is 13.0 Å². The molecular weight excluding hydrogens is 330 g/mol. The van der Waals surface area contributed by atoms with Crippen molar-refractivity contribution in [3.05, 3.63) is 41.9 Å². The summed E-state index contributed by atoms with van der Waals surface area (Å²) in [6.45, 7) is 3.42. The van der Waals surface area contributed by atoms with Crippen molar-refractivity contribution in [2.24, 2.45) is 11.7 Å². The van der Waals surface area contributed by atoms with E-state index in [1.165, 1.54) is 0 Å². The number of pyridine rings is 1. The maximum Gasteiger partial charge on any atom is 0.257 e. The fourth-order valence-electron chi connectivity index (χ4n) is 3.57. The smallest absolute Gasteiger partial charge is 0.257 e. The number of piperidine rings is 1. The quantitative estimate of drug-likeness (QED) is 0.857. The first-order chi connectivity index (χ1) is 12.6. The Labute approximate surface area is 153 Å². The van der Waals surface area contributed by atoms with Crippen molar-refractivity contribution in [1.29, 1.82) is 0 Å². The molecule has 2 aromatic rings. The SMILES string of the molecule is CCc1c(C(=O)N2CCCC(CCC(N)=O)C2)cnn1-c1ccccn1. The molecule has 7 heteroatoms. The summed E-state index contributed by atoms with van der Waals surface area (Å²) in [5, 5.41) is 4.40. The van der Waals surface area contributed by atoms with E-state index in [-0.39, 0.29) is 11.8 Å². The Bertz CT molecular complexity index is 771. The van der Waals surface area contributed by atoms with Crippen LogP contribution in [0.2, 0.25) is 0 Å². The van der Waals surface area contributed by atoms with E-state index in [0.717, 1.165) is 31.5 Å². The highest BCUT2D eigenvalue weighted by atomic mass is 16.2. The van der Waals surface area contributed by atoms with Crippen LogP contribution < -0.4 is 5.73 Å².